The molecule has 0 atom stereocenters. The molecule has 1 fully saturated rings. The molecule has 0 aliphatic carbocycles. The van der Waals surface area contributed by atoms with Gasteiger partial charge in [-0.3, -0.25) is 14.9 Å². The van der Waals surface area contributed by atoms with E-state index in [0.29, 0.717) is 21.3 Å². The molecule has 27 heavy (non-hydrogen) atoms. The van der Waals surface area contributed by atoms with Crippen LogP contribution >= 0.6 is 46.5 Å². The zero-order valence-electron chi connectivity index (χ0n) is 13.8. The van der Waals surface area contributed by atoms with Crippen LogP contribution in [0.4, 0.5) is 5.13 Å². The lowest BCUT2D eigenvalue weighted by atomic mass is 10.1. The van der Waals surface area contributed by atoms with Gasteiger partial charge in [-0.05, 0) is 35.9 Å². The molecule has 13 heteroatoms. The van der Waals surface area contributed by atoms with Crippen LogP contribution in [-0.2, 0) is 4.79 Å². The standard InChI is InChI=1S/C14H14ClN7O2S3/c15-12-20-21-14(27-12)17-9(23)6-26-13-18-10-8(11(24)19-13)5-16-22(10)7-1-3-25-4-2-7/h5,7H,1-4,6H2,(H,17,21,23)(H,18,19,24). The molecule has 0 unspecified atom stereocenters. The van der Waals surface area contributed by atoms with Crippen molar-refractivity contribution in [3.05, 3.63) is 21.0 Å². The highest BCUT2D eigenvalue weighted by Gasteiger charge is 2.20. The predicted octanol–water partition coefficient (Wildman–Crippen LogP) is 2.42. The van der Waals surface area contributed by atoms with Crippen molar-refractivity contribution in [3.8, 4) is 0 Å². The predicted molar refractivity (Wildman–Crippen MR) is 108 cm³/mol. The molecular weight excluding hydrogens is 430 g/mol. The van der Waals surface area contributed by atoms with Crippen LogP contribution in [0.2, 0.25) is 4.47 Å². The molecule has 1 saturated heterocycles. The molecule has 0 saturated carbocycles. The van der Waals surface area contributed by atoms with E-state index in [1.165, 1.54) is 0 Å². The van der Waals surface area contributed by atoms with E-state index in [0.717, 1.165) is 47.4 Å². The second-order valence-corrected chi connectivity index (χ2v) is 9.49. The molecule has 142 valence electrons. The number of aromatic nitrogens is 6. The van der Waals surface area contributed by atoms with E-state index in [-0.39, 0.29) is 27.7 Å². The lowest BCUT2D eigenvalue weighted by Gasteiger charge is -2.22. The van der Waals surface area contributed by atoms with Crippen LogP contribution in [0.15, 0.2) is 16.1 Å². The molecule has 1 aliphatic rings. The van der Waals surface area contributed by atoms with Crippen molar-refractivity contribution in [3.63, 3.8) is 0 Å². The van der Waals surface area contributed by atoms with Crippen LogP contribution < -0.4 is 10.9 Å². The summed E-state index contributed by atoms with van der Waals surface area (Å²) in [5, 5.41) is 15.5. The fraction of sp³-hybridized carbons (Fsp3) is 0.429. The first-order chi connectivity index (χ1) is 13.1. The lowest BCUT2D eigenvalue weighted by Crippen LogP contribution is -2.18. The summed E-state index contributed by atoms with van der Waals surface area (Å²) in [5.41, 5.74) is 0.310. The van der Waals surface area contributed by atoms with Gasteiger partial charge in [0, 0.05) is 0 Å². The number of nitrogens with zero attached hydrogens (tertiary/aromatic N) is 5. The van der Waals surface area contributed by atoms with Crippen LogP contribution in [0, 0.1) is 0 Å². The molecule has 1 aliphatic heterocycles. The Morgan fingerprint density at radius 1 is 1.41 bits per heavy atom. The van der Waals surface area contributed by atoms with Crippen molar-refractivity contribution in [2.75, 3.05) is 22.6 Å². The topological polar surface area (TPSA) is 118 Å². The Morgan fingerprint density at radius 3 is 2.96 bits per heavy atom. The smallest absolute Gasteiger partial charge is 0.262 e. The fourth-order valence-electron chi connectivity index (χ4n) is 2.73. The van der Waals surface area contributed by atoms with E-state index in [2.05, 4.69) is 30.6 Å². The largest absolute Gasteiger partial charge is 0.301 e. The molecule has 3 aromatic rings. The highest BCUT2D eigenvalue weighted by atomic mass is 35.5. The van der Waals surface area contributed by atoms with Crippen molar-refractivity contribution in [1.82, 2.24) is 29.9 Å². The first-order valence-electron chi connectivity index (χ1n) is 8.07. The molecule has 1 amide bonds. The summed E-state index contributed by atoms with van der Waals surface area (Å²) in [6, 6.07) is 0.251. The van der Waals surface area contributed by atoms with E-state index in [1.807, 2.05) is 16.4 Å². The molecule has 0 bridgehead atoms. The lowest BCUT2D eigenvalue weighted by molar-refractivity contribution is -0.113. The number of carbonyl (C=O) groups excluding carboxylic acids is 1. The third-order valence-electron chi connectivity index (χ3n) is 3.97. The quantitative estimate of drug-likeness (QED) is 0.455. The van der Waals surface area contributed by atoms with Crippen molar-refractivity contribution < 1.29 is 4.79 Å². The fourth-order valence-corrected chi connectivity index (χ4v) is 5.21. The van der Waals surface area contributed by atoms with E-state index in [1.54, 1.807) is 6.20 Å². The summed E-state index contributed by atoms with van der Waals surface area (Å²) < 4.78 is 2.10. The van der Waals surface area contributed by atoms with Gasteiger partial charge in [-0.1, -0.05) is 23.1 Å². The molecule has 0 aromatic carbocycles. The average molecular weight is 444 g/mol. The minimum absolute atomic E-state index is 0.0693. The number of anilines is 1. The minimum Gasteiger partial charge on any atom is -0.301 e. The zero-order chi connectivity index (χ0) is 18.8. The number of halogens is 1. The van der Waals surface area contributed by atoms with E-state index >= 15 is 0 Å². The Morgan fingerprint density at radius 2 is 2.22 bits per heavy atom. The van der Waals surface area contributed by atoms with Crippen molar-refractivity contribution in [2.45, 2.75) is 24.0 Å². The molecule has 4 rings (SSSR count). The molecule has 0 spiro atoms. The Balaban J connectivity index is 1.50. The van der Waals surface area contributed by atoms with Gasteiger partial charge in [-0.25, -0.2) is 9.67 Å². The Kier molecular flexibility index (Phi) is 5.66. The van der Waals surface area contributed by atoms with Gasteiger partial charge in [0.1, 0.15) is 5.39 Å². The van der Waals surface area contributed by atoms with Crippen LogP contribution in [0.3, 0.4) is 0 Å². The highest BCUT2D eigenvalue weighted by molar-refractivity contribution is 7.99. The van der Waals surface area contributed by atoms with Crippen molar-refractivity contribution >= 4 is 68.5 Å². The number of rotatable bonds is 5. The molecule has 0 radical (unpaired) electrons. The average Bonchev–Trinajstić information content (AvgIpc) is 3.27. The number of thioether (sulfide) groups is 2. The van der Waals surface area contributed by atoms with Gasteiger partial charge >= 0.3 is 0 Å². The number of nitrogens with one attached hydrogen (secondary N) is 2. The van der Waals surface area contributed by atoms with Gasteiger partial charge in [0.15, 0.2) is 10.8 Å². The highest BCUT2D eigenvalue weighted by Crippen LogP contribution is 2.28. The molecule has 4 heterocycles. The van der Waals surface area contributed by atoms with Gasteiger partial charge in [-0.2, -0.15) is 16.9 Å². The van der Waals surface area contributed by atoms with Crippen LogP contribution in [0.5, 0.6) is 0 Å². The number of hydrogen-bond acceptors (Lipinski definition) is 9. The number of amides is 1. The maximum Gasteiger partial charge on any atom is 0.262 e. The minimum atomic E-state index is -0.284. The number of aromatic amines is 1. The second kappa shape index (κ2) is 8.17. The SMILES string of the molecule is O=C(CSc1nc2c(cnn2C2CCSCC2)c(=O)[nH]1)Nc1nnc(Cl)s1. The summed E-state index contributed by atoms with van der Waals surface area (Å²) >= 11 is 9.83. The first-order valence-corrected chi connectivity index (χ1v) is 11.4. The Labute approximate surface area is 170 Å². The maximum atomic E-state index is 12.3. The number of carbonyl (C=O) groups is 1. The molecular formula is C14H14ClN7O2S3. The summed E-state index contributed by atoms with van der Waals surface area (Å²) in [4.78, 5) is 31.6. The van der Waals surface area contributed by atoms with Crippen LogP contribution in [0.25, 0.3) is 11.0 Å². The van der Waals surface area contributed by atoms with Gasteiger partial charge in [0.05, 0.1) is 18.0 Å². The summed E-state index contributed by atoms with van der Waals surface area (Å²) in [7, 11) is 0. The van der Waals surface area contributed by atoms with Gasteiger partial charge in [0.2, 0.25) is 15.5 Å². The number of fused-ring (bicyclic) bond motifs is 1. The van der Waals surface area contributed by atoms with E-state index < -0.39 is 0 Å². The van der Waals surface area contributed by atoms with Crippen molar-refractivity contribution in [1.29, 1.82) is 0 Å². The second-order valence-electron chi connectivity index (χ2n) is 5.74. The molecule has 9 nitrogen and oxygen atoms in total. The van der Waals surface area contributed by atoms with Gasteiger partial charge in [-0.15, -0.1) is 10.2 Å². The summed E-state index contributed by atoms with van der Waals surface area (Å²) in [5.74, 6) is 1.94. The maximum absolute atomic E-state index is 12.3. The monoisotopic (exact) mass is 443 g/mol. The van der Waals surface area contributed by atoms with E-state index in [4.69, 9.17) is 11.6 Å². The third kappa shape index (κ3) is 4.28. The zero-order valence-corrected chi connectivity index (χ0v) is 17.1. The van der Waals surface area contributed by atoms with Gasteiger partial charge < -0.3 is 4.98 Å². The summed E-state index contributed by atoms with van der Waals surface area (Å²) in [6.45, 7) is 0. The van der Waals surface area contributed by atoms with Crippen LogP contribution in [-0.4, -0.2) is 53.1 Å². The molecule has 2 N–H and O–H groups in total. The number of hydrogen-bond donors (Lipinski definition) is 2. The normalized spacial score (nSPS) is 15.3. The molecule has 3 aromatic heterocycles. The first kappa shape index (κ1) is 18.7. The van der Waals surface area contributed by atoms with Gasteiger partial charge in [0.25, 0.3) is 5.56 Å². The Bertz CT molecular complexity index is 1030. The Hall–Kier alpha value is -1.63. The third-order valence-corrected chi connectivity index (χ3v) is 6.82. The summed E-state index contributed by atoms with van der Waals surface area (Å²) in [6.07, 6.45) is 3.57. The van der Waals surface area contributed by atoms with Crippen LogP contribution in [0.1, 0.15) is 18.9 Å². The van der Waals surface area contributed by atoms with E-state index in [9.17, 15) is 9.59 Å². The number of H-pyrrole nitrogens is 1. The van der Waals surface area contributed by atoms with Crippen molar-refractivity contribution in [2.24, 2.45) is 0 Å².